The Balaban J connectivity index is 3.28. The predicted molar refractivity (Wildman–Crippen MR) is 199 cm³/mol. The molecule has 0 aromatic rings. The lowest BCUT2D eigenvalue weighted by molar-refractivity contribution is -0.145. The molecule has 21 nitrogen and oxygen atoms in total. The van der Waals surface area contributed by atoms with Gasteiger partial charge in [0, 0.05) is 26.3 Å². The molecule has 0 saturated carbocycles. The normalized spacial score (nSPS) is 16.8. The van der Waals surface area contributed by atoms with Crippen molar-refractivity contribution in [3.8, 4) is 0 Å². The van der Waals surface area contributed by atoms with Gasteiger partial charge in [0.05, 0.1) is 6.04 Å². The minimum Gasteiger partial charge on any atom is -0.481 e. The zero-order chi connectivity index (χ0) is 43.6. The highest BCUT2D eigenvalue weighted by Crippen LogP contribution is 2.22. The number of likely N-dealkylation sites (tertiary alicyclic amines) is 1. The van der Waals surface area contributed by atoms with Crippen LogP contribution in [-0.2, 0) is 52.7 Å². The third-order valence-electron chi connectivity index (χ3n) is 9.32. The summed E-state index contributed by atoms with van der Waals surface area (Å²) >= 11 is 0. The van der Waals surface area contributed by atoms with Crippen molar-refractivity contribution < 1.29 is 68.1 Å². The Morgan fingerprint density at radius 2 is 1.21 bits per heavy atom. The van der Waals surface area contributed by atoms with Crippen LogP contribution in [0, 0.1) is 11.8 Å². The third-order valence-corrected chi connectivity index (χ3v) is 9.32. The largest absolute Gasteiger partial charge is 0.481 e. The van der Waals surface area contributed by atoms with E-state index in [1.807, 2.05) is 5.32 Å². The maximum atomic E-state index is 14.1. The van der Waals surface area contributed by atoms with E-state index in [9.17, 15) is 57.8 Å². The number of amides is 7. The first kappa shape index (κ1) is 49.4. The number of carbonyl (C=O) groups is 11. The van der Waals surface area contributed by atoms with Crippen LogP contribution in [0.1, 0.15) is 99.3 Å². The molecule has 0 radical (unpaired) electrons. The molecule has 0 aromatic heterocycles. The first-order valence-corrected chi connectivity index (χ1v) is 18.9. The molecule has 0 bridgehead atoms. The first-order valence-electron chi connectivity index (χ1n) is 18.9. The van der Waals surface area contributed by atoms with Crippen molar-refractivity contribution in [2.75, 3.05) is 13.1 Å². The van der Waals surface area contributed by atoms with Crippen LogP contribution in [0.4, 0.5) is 0 Å². The molecule has 0 spiro atoms. The summed E-state index contributed by atoms with van der Waals surface area (Å²) in [6.07, 6.45) is -0.449. The molecular weight excluding hydrogens is 754 g/mol. The number of carboxylic acid groups (broad SMARTS) is 3. The van der Waals surface area contributed by atoms with E-state index in [0.717, 1.165) is 6.92 Å². The fourth-order valence-electron chi connectivity index (χ4n) is 6.01. The van der Waals surface area contributed by atoms with Gasteiger partial charge in [-0.15, -0.1) is 0 Å². The van der Waals surface area contributed by atoms with Crippen LogP contribution < -0.4 is 31.9 Å². The summed E-state index contributed by atoms with van der Waals surface area (Å²) in [7, 11) is 0. The monoisotopic (exact) mass is 811 g/mol. The van der Waals surface area contributed by atoms with E-state index in [-0.39, 0.29) is 25.8 Å². The van der Waals surface area contributed by atoms with E-state index in [0.29, 0.717) is 19.3 Å². The van der Waals surface area contributed by atoms with Gasteiger partial charge in [-0.3, -0.25) is 52.7 Å². The SMILES string of the molecule is CCCC(NC(=O)C1CCCN1C(=O)C(NC(=O)C(NC(=O)C(CCC(=O)O)NC(=O)C(CCC(=O)O)NC(C)=O)C(C)C)C(C)CC)C(=O)C(=O)NCC(=O)O. The van der Waals surface area contributed by atoms with E-state index in [1.165, 1.54) is 4.90 Å². The third kappa shape index (κ3) is 16.6. The number of rotatable bonds is 25. The second kappa shape index (κ2) is 24.1. The molecule has 1 aliphatic rings. The second-order valence-corrected chi connectivity index (χ2v) is 14.3. The Morgan fingerprint density at radius 3 is 1.70 bits per heavy atom. The van der Waals surface area contributed by atoms with Crippen molar-refractivity contribution in [3.63, 3.8) is 0 Å². The van der Waals surface area contributed by atoms with E-state index < -0.39 is 139 Å². The number of Topliss-reactive ketones (excluding diaryl/α,β-unsaturated/α-hetero) is 1. The molecule has 1 fully saturated rings. The molecule has 1 heterocycles. The Kier molecular flexibility index (Phi) is 20.9. The summed E-state index contributed by atoms with van der Waals surface area (Å²) in [6.45, 7) is 8.76. The summed E-state index contributed by atoms with van der Waals surface area (Å²) in [5.41, 5.74) is 0. The minimum absolute atomic E-state index is 0.0566. The van der Waals surface area contributed by atoms with Gasteiger partial charge in [-0.2, -0.15) is 0 Å². The fraction of sp³-hybridized carbons (Fsp3) is 0.694. The molecule has 7 atom stereocenters. The molecular formula is C36H57N7O14. The number of nitrogens with one attached hydrogen (secondary N) is 6. The average molecular weight is 812 g/mol. The maximum absolute atomic E-state index is 14.1. The van der Waals surface area contributed by atoms with Gasteiger partial charge in [0.15, 0.2) is 0 Å². The lowest BCUT2D eigenvalue weighted by Gasteiger charge is -2.33. The smallest absolute Gasteiger partial charge is 0.322 e. The molecule has 1 aliphatic heterocycles. The van der Waals surface area contributed by atoms with Crippen LogP contribution in [-0.4, -0.2) is 135 Å². The lowest BCUT2D eigenvalue weighted by Crippen LogP contribution is -2.61. The number of ketones is 1. The van der Waals surface area contributed by atoms with Crippen LogP contribution in [0.15, 0.2) is 0 Å². The van der Waals surface area contributed by atoms with E-state index in [1.54, 1.807) is 34.6 Å². The Morgan fingerprint density at radius 1 is 0.667 bits per heavy atom. The van der Waals surface area contributed by atoms with Gasteiger partial charge in [-0.1, -0.05) is 47.5 Å². The molecule has 1 rings (SSSR count). The Labute approximate surface area is 330 Å². The van der Waals surface area contributed by atoms with Gasteiger partial charge in [0.2, 0.25) is 41.2 Å². The van der Waals surface area contributed by atoms with Crippen molar-refractivity contribution in [1.82, 2.24) is 36.8 Å². The van der Waals surface area contributed by atoms with E-state index >= 15 is 0 Å². The second-order valence-electron chi connectivity index (χ2n) is 14.3. The molecule has 0 aliphatic carbocycles. The highest BCUT2D eigenvalue weighted by Gasteiger charge is 2.41. The van der Waals surface area contributed by atoms with E-state index in [2.05, 4.69) is 26.6 Å². The van der Waals surface area contributed by atoms with Crippen LogP contribution in [0.25, 0.3) is 0 Å². The summed E-state index contributed by atoms with van der Waals surface area (Å²) in [6, 6.07) is -7.82. The average Bonchev–Trinajstić information content (AvgIpc) is 3.63. The molecule has 7 amide bonds. The van der Waals surface area contributed by atoms with Crippen molar-refractivity contribution in [2.45, 2.75) is 136 Å². The summed E-state index contributed by atoms with van der Waals surface area (Å²) in [5, 5.41) is 41.5. The molecule has 1 saturated heterocycles. The maximum Gasteiger partial charge on any atom is 0.322 e. The minimum atomic E-state index is -1.54. The molecule has 9 N–H and O–H groups in total. The van der Waals surface area contributed by atoms with Gasteiger partial charge in [0.25, 0.3) is 5.91 Å². The van der Waals surface area contributed by atoms with Crippen LogP contribution in [0.5, 0.6) is 0 Å². The number of hydrogen-bond acceptors (Lipinski definition) is 11. The highest BCUT2D eigenvalue weighted by molar-refractivity contribution is 6.38. The van der Waals surface area contributed by atoms with Crippen molar-refractivity contribution in [3.05, 3.63) is 0 Å². The zero-order valence-electron chi connectivity index (χ0n) is 33.2. The molecule has 7 unspecified atom stereocenters. The number of carbonyl (C=O) groups excluding carboxylic acids is 8. The van der Waals surface area contributed by atoms with Crippen LogP contribution in [0.2, 0.25) is 0 Å². The highest BCUT2D eigenvalue weighted by atomic mass is 16.4. The Bertz CT molecular complexity index is 1520. The van der Waals surface area contributed by atoms with Crippen molar-refractivity contribution in [2.24, 2.45) is 11.8 Å². The lowest BCUT2D eigenvalue weighted by atomic mass is 9.95. The van der Waals surface area contributed by atoms with Crippen LogP contribution >= 0.6 is 0 Å². The van der Waals surface area contributed by atoms with Crippen LogP contribution in [0.3, 0.4) is 0 Å². The first-order chi connectivity index (χ1) is 26.6. The number of carboxylic acids is 3. The van der Waals surface area contributed by atoms with Crippen molar-refractivity contribution >= 4 is 65.0 Å². The molecule has 0 aromatic carbocycles. The summed E-state index contributed by atoms with van der Waals surface area (Å²) in [5.74, 6) is -12.0. The van der Waals surface area contributed by atoms with Gasteiger partial charge < -0.3 is 52.1 Å². The number of hydrogen-bond donors (Lipinski definition) is 9. The van der Waals surface area contributed by atoms with Gasteiger partial charge >= 0.3 is 17.9 Å². The van der Waals surface area contributed by atoms with E-state index in [4.69, 9.17) is 10.2 Å². The summed E-state index contributed by atoms with van der Waals surface area (Å²) < 4.78 is 0. The number of aliphatic carboxylic acids is 3. The molecule has 57 heavy (non-hydrogen) atoms. The van der Waals surface area contributed by atoms with Crippen molar-refractivity contribution in [1.29, 1.82) is 0 Å². The zero-order valence-corrected chi connectivity index (χ0v) is 33.2. The standard InChI is InChI=1S/C36H57N7O14/c1-7-10-21(30(51)35(56)37-17-27(49)50)39-33(54)24-11-9-16-43(24)36(57)29(19(5)8-2)42-34(55)28(18(3)4)41-32(53)23(13-15-26(47)48)40-31(52)22(38-20(6)44)12-14-25(45)46/h18-19,21-24,28-29H,7-17H2,1-6H3,(H,37,56)(H,38,44)(H,39,54)(H,40,52)(H,41,53)(H,42,55)(H,45,46)(H,47,48)(H,49,50). The van der Waals surface area contributed by atoms with Gasteiger partial charge in [0.1, 0.15) is 36.8 Å². The fourth-order valence-corrected chi connectivity index (χ4v) is 6.01. The van der Waals surface area contributed by atoms with Gasteiger partial charge in [-0.25, -0.2) is 0 Å². The topological polar surface area (TPSA) is 324 Å². The molecule has 320 valence electrons. The predicted octanol–water partition coefficient (Wildman–Crippen LogP) is -1.58. The Hall–Kier alpha value is -5.63. The quantitative estimate of drug-likeness (QED) is 0.0471. The number of nitrogens with zero attached hydrogens (tertiary/aromatic N) is 1. The van der Waals surface area contributed by atoms with Gasteiger partial charge in [-0.05, 0) is 43.9 Å². The summed E-state index contributed by atoms with van der Waals surface area (Å²) in [4.78, 5) is 140. The molecule has 21 heteroatoms.